The van der Waals surface area contributed by atoms with E-state index in [-0.39, 0.29) is 5.91 Å². The summed E-state index contributed by atoms with van der Waals surface area (Å²) in [6.45, 7) is 5.77. The first kappa shape index (κ1) is 18.8. The minimum absolute atomic E-state index is 0.240. The van der Waals surface area contributed by atoms with Crippen LogP contribution in [-0.2, 0) is 11.3 Å². The van der Waals surface area contributed by atoms with E-state index < -0.39 is 0 Å². The second-order valence-corrected chi connectivity index (χ2v) is 9.15. The molecule has 1 aromatic carbocycles. The average molecular weight is 460 g/mol. The molecule has 0 aliphatic heterocycles. The maximum absolute atomic E-state index is 12.5. The van der Waals surface area contributed by atoms with E-state index in [1.807, 2.05) is 36.6 Å². The molecule has 8 heteroatoms. The maximum Gasteiger partial charge on any atom is 0.289 e. The molecule has 0 fully saturated rings. The highest BCUT2D eigenvalue weighted by molar-refractivity contribution is 9.11. The van der Waals surface area contributed by atoms with Crippen LogP contribution in [0.25, 0.3) is 10.2 Å². The number of nitrogens with zero attached hydrogens (tertiary/aromatic N) is 2. The number of hydrogen-bond donors (Lipinski definition) is 0. The minimum Gasteiger partial charge on any atom is -0.380 e. The van der Waals surface area contributed by atoms with Crippen molar-refractivity contribution < 1.29 is 9.53 Å². The molecule has 0 atom stereocenters. The predicted molar refractivity (Wildman–Crippen MR) is 108 cm³/mol. The second kappa shape index (κ2) is 8.14. The lowest BCUT2D eigenvalue weighted by atomic mass is 10.2. The Morgan fingerprint density at radius 3 is 2.80 bits per heavy atom. The molecule has 4 nitrogen and oxygen atoms in total. The van der Waals surface area contributed by atoms with Crippen LogP contribution < -0.4 is 4.80 Å². The van der Waals surface area contributed by atoms with E-state index in [0.29, 0.717) is 34.5 Å². The van der Waals surface area contributed by atoms with Gasteiger partial charge in [0.05, 0.1) is 25.5 Å². The van der Waals surface area contributed by atoms with Gasteiger partial charge in [-0.3, -0.25) is 4.79 Å². The van der Waals surface area contributed by atoms with E-state index in [9.17, 15) is 4.79 Å². The highest BCUT2D eigenvalue weighted by atomic mass is 79.9. The van der Waals surface area contributed by atoms with Crippen LogP contribution in [-0.4, -0.2) is 23.7 Å². The van der Waals surface area contributed by atoms with Gasteiger partial charge in [-0.15, -0.1) is 11.3 Å². The number of amides is 1. The summed E-state index contributed by atoms with van der Waals surface area (Å²) >= 11 is 12.5. The fraction of sp³-hybridized carbons (Fsp3) is 0.294. The fourth-order valence-corrected chi connectivity index (χ4v) is 5.02. The molecule has 132 valence electrons. The van der Waals surface area contributed by atoms with Crippen LogP contribution in [0.1, 0.15) is 22.2 Å². The van der Waals surface area contributed by atoms with E-state index in [1.165, 1.54) is 22.7 Å². The smallest absolute Gasteiger partial charge is 0.289 e. The van der Waals surface area contributed by atoms with Crippen LogP contribution in [0.5, 0.6) is 0 Å². The molecule has 0 saturated carbocycles. The van der Waals surface area contributed by atoms with Gasteiger partial charge in [0, 0.05) is 18.2 Å². The summed E-state index contributed by atoms with van der Waals surface area (Å²) in [5, 5.41) is 0.704. The quantitative estimate of drug-likeness (QED) is 0.488. The number of hydrogen-bond acceptors (Lipinski definition) is 4. The molecule has 0 N–H and O–H groups in total. The van der Waals surface area contributed by atoms with Crippen molar-refractivity contribution in [3.63, 3.8) is 0 Å². The molecule has 0 radical (unpaired) electrons. The Kier molecular flexibility index (Phi) is 6.12. The number of rotatable bonds is 5. The highest BCUT2D eigenvalue weighted by Gasteiger charge is 2.13. The fourth-order valence-electron chi connectivity index (χ4n) is 2.48. The molecule has 2 heterocycles. The summed E-state index contributed by atoms with van der Waals surface area (Å²) in [6.07, 6.45) is 0. The highest BCUT2D eigenvalue weighted by Crippen LogP contribution is 2.27. The number of carbonyl (C=O) groups excluding carboxylic acids is 1. The van der Waals surface area contributed by atoms with Crippen molar-refractivity contribution in [1.82, 2.24) is 4.57 Å². The monoisotopic (exact) mass is 458 g/mol. The number of aromatic nitrogens is 1. The van der Waals surface area contributed by atoms with Gasteiger partial charge in [-0.1, -0.05) is 22.9 Å². The molecule has 0 aliphatic rings. The number of thiophene rings is 1. The minimum atomic E-state index is -0.240. The Morgan fingerprint density at radius 1 is 1.32 bits per heavy atom. The average Bonchev–Trinajstić information content (AvgIpc) is 3.16. The van der Waals surface area contributed by atoms with Crippen LogP contribution in [0.4, 0.5) is 0 Å². The van der Waals surface area contributed by atoms with Crippen LogP contribution in [0.3, 0.4) is 0 Å². The summed E-state index contributed by atoms with van der Waals surface area (Å²) in [5.74, 6) is -0.240. The molecule has 25 heavy (non-hydrogen) atoms. The van der Waals surface area contributed by atoms with Gasteiger partial charge in [-0.05, 0) is 59.6 Å². The molecule has 0 saturated heterocycles. The molecule has 0 spiro atoms. The third kappa shape index (κ3) is 4.06. The zero-order valence-corrected chi connectivity index (χ0v) is 17.7. The van der Waals surface area contributed by atoms with E-state index in [4.69, 9.17) is 16.3 Å². The van der Waals surface area contributed by atoms with Crippen molar-refractivity contribution in [1.29, 1.82) is 0 Å². The number of fused-ring (bicyclic) bond motifs is 1. The lowest BCUT2D eigenvalue weighted by Gasteiger charge is -2.08. The predicted octanol–water partition coefficient (Wildman–Crippen LogP) is 5.27. The number of aryl methyl sites for hydroxylation is 1. The summed E-state index contributed by atoms with van der Waals surface area (Å²) in [4.78, 5) is 18.1. The summed E-state index contributed by atoms with van der Waals surface area (Å²) < 4.78 is 9.48. The van der Waals surface area contributed by atoms with Crippen LogP contribution in [0, 0.1) is 6.92 Å². The maximum atomic E-state index is 12.5. The molecule has 0 bridgehead atoms. The second-order valence-electron chi connectivity index (χ2n) is 5.27. The number of ether oxygens (including phenoxy) is 1. The first-order valence-electron chi connectivity index (χ1n) is 7.72. The van der Waals surface area contributed by atoms with E-state index in [1.54, 1.807) is 6.07 Å². The lowest BCUT2D eigenvalue weighted by molar-refractivity contribution is 0.100. The number of thiazole rings is 1. The van der Waals surface area contributed by atoms with Gasteiger partial charge in [-0.25, -0.2) is 0 Å². The van der Waals surface area contributed by atoms with E-state index >= 15 is 0 Å². The van der Waals surface area contributed by atoms with Gasteiger partial charge in [0.1, 0.15) is 0 Å². The Labute approximate surface area is 166 Å². The third-order valence-electron chi connectivity index (χ3n) is 3.67. The standard InChI is InChI=1S/C17H16BrClN2O2S2/c1-3-23-9-8-21-15-10(2)11(19)4-5-12(15)25-17(21)20-16(22)13-6-7-14(18)24-13/h4-7H,3,8-9H2,1-2H3. The Balaban J connectivity index is 2.12. The van der Waals surface area contributed by atoms with Crippen molar-refractivity contribution >= 4 is 66.3 Å². The van der Waals surface area contributed by atoms with Gasteiger partial charge >= 0.3 is 0 Å². The Bertz CT molecular complexity index is 990. The number of benzene rings is 1. The largest absolute Gasteiger partial charge is 0.380 e. The summed E-state index contributed by atoms with van der Waals surface area (Å²) in [5.41, 5.74) is 2.00. The SMILES string of the molecule is CCOCCn1c(=NC(=O)c2ccc(Br)s2)sc2ccc(Cl)c(C)c21. The normalized spacial score (nSPS) is 12.2. The van der Waals surface area contributed by atoms with Crippen LogP contribution in [0.15, 0.2) is 33.0 Å². The molecule has 3 rings (SSSR count). The van der Waals surface area contributed by atoms with Crippen molar-refractivity contribution in [2.45, 2.75) is 20.4 Å². The molecule has 0 unspecified atom stereocenters. The van der Waals surface area contributed by atoms with Crippen molar-refractivity contribution in [3.8, 4) is 0 Å². The van der Waals surface area contributed by atoms with Gasteiger partial charge in [0.2, 0.25) is 0 Å². The summed E-state index contributed by atoms with van der Waals surface area (Å²) in [7, 11) is 0. The van der Waals surface area contributed by atoms with Gasteiger partial charge in [0.25, 0.3) is 5.91 Å². The molecule has 1 amide bonds. The molecule has 0 aliphatic carbocycles. The topological polar surface area (TPSA) is 43.6 Å². The Morgan fingerprint density at radius 2 is 2.12 bits per heavy atom. The number of halogens is 2. The Hall–Kier alpha value is -0.990. The molecular formula is C17H16BrClN2O2S2. The van der Waals surface area contributed by atoms with Gasteiger partial charge in [-0.2, -0.15) is 4.99 Å². The lowest BCUT2D eigenvalue weighted by Crippen LogP contribution is -2.20. The zero-order valence-electron chi connectivity index (χ0n) is 13.7. The first-order valence-corrected chi connectivity index (χ1v) is 10.5. The molecule has 2 aromatic heterocycles. The van der Waals surface area contributed by atoms with Crippen molar-refractivity contribution in [2.75, 3.05) is 13.2 Å². The third-order valence-corrected chi connectivity index (χ3v) is 6.74. The zero-order chi connectivity index (χ0) is 18.0. The van der Waals surface area contributed by atoms with Crippen molar-refractivity contribution in [3.05, 3.63) is 48.3 Å². The van der Waals surface area contributed by atoms with Gasteiger partial charge < -0.3 is 9.30 Å². The van der Waals surface area contributed by atoms with E-state index in [2.05, 4.69) is 20.9 Å². The summed E-state index contributed by atoms with van der Waals surface area (Å²) in [6, 6.07) is 7.48. The van der Waals surface area contributed by atoms with Gasteiger partial charge in [0.15, 0.2) is 4.80 Å². The first-order chi connectivity index (χ1) is 12.0. The van der Waals surface area contributed by atoms with Crippen LogP contribution >= 0.6 is 50.2 Å². The molecule has 3 aromatic rings. The molecular weight excluding hydrogens is 444 g/mol. The van der Waals surface area contributed by atoms with E-state index in [0.717, 1.165) is 19.6 Å². The van der Waals surface area contributed by atoms with Crippen molar-refractivity contribution in [2.24, 2.45) is 4.99 Å². The van der Waals surface area contributed by atoms with Crippen LogP contribution in [0.2, 0.25) is 5.02 Å². The number of carbonyl (C=O) groups is 1.